The van der Waals surface area contributed by atoms with E-state index in [0.717, 1.165) is 35.9 Å². The Kier molecular flexibility index (Phi) is 4.62. The summed E-state index contributed by atoms with van der Waals surface area (Å²) in [7, 11) is 2.06. The van der Waals surface area contributed by atoms with Crippen LogP contribution in [0.2, 0.25) is 0 Å². The highest BCUT2D eigenvalue weighted by atomic mass is 32.1. The van der Waals surface area contributed by atoms with Gasteiger partial charge in [0.1, 0.15) is 5.01 Å². The second kappa shape index (κ2) is 6.92. The summed E-state index contributed by atoms with van der Waals surface area (Å²) in [5, 5.41) is 9.97. The number of hydrogen-bond donors (Lipinski definition) is 0. The molecule has 7 nitrogen and oxygen atoms in total. The summed E-state index contributed by atoms with van der Waals surface area (Å²) in [5.74, 6) is 0.543. The maximum atomic E-state index is 12.3. The molecule has 0 bridgehead atoms. The van der Waals surface area contributed by atoms with Crippen LogP contribution in [-0.2, 0) is 13.1 Å². The first kappa shape index (κ1) is 17.4. The zero-order chi connectivity index (χ0) is 18.3. The van der Waals surface area contributed by atoms with Crippen molar-refractivity contribution in [2.24, 2.45) is 0 Å². The zero-order valence-electron chi connectivity index (χ0n) is 15.5. The van der Waals surface area contributed by atoms with E-state index in [9.17, 15) is 4.79 Å². The van der Waals surface area contributed by atoms with Crippen molar-refractivity contribution >= 4 is 16.3 Å². The van der Waals surface area contributed by atoms with E-state index in [-0.39, 0.29) is 5.56 Å². The molecule has 0 atom stereocenters. The molecule has 3 aromatic heterocycles. The Morgan fingerprint density at radius 2 is 2.08 bits per heavy atom. The smallest absolute Gasteiger partial charge is 0.275 e. The SMILES string of the molecule is Cc1cc(C)n(CCCN(C)Cc2cc(=O)n3nc(C4CC4)sc3n2)n1. The molecule has 0 amide bonds. The van der Waals surface area contributed by atoms with Gasteiger partial charge in [0.2, 0.25) is 4.96 Å². The average molecular weight is 372 g/mol. The van der Waals surface area contributed by atoms with Gasteiger partial charge >= 0.3 is 0 Å². The minimum Gasteiger partial charge on any atom is -0.300 e. The molecule has 4 rings (SSSR count). The third-order valence-corrected chi connectivity index (χ3v) is 5.76. The quantitative estimate of drug-likeness (QED) is 0.637. The molecule has 0 unspecified atom stereocenters. The first-order chi connectivity index (χ1) is 12.5. The summed E-state index contributed by atoms with van der Waals surface area (Å²) in [6.45, 7) is 6.60. The number of aryl methyl sites for hydroxylation is 3. The van der Waals surface area contributed by atoms with Gasteiger partial charge in [-0.25, -0.2) is 4.98 Å². The Hall–Kier alpha value is -2.06. The van der Waals surface area contributed by atoms with E-state index >= 15 is 0 Å². The Labute approximate surface area is 156 Å². The van der Waals surface area contributed by atoms with Crippen molar-refractivity contribution in [2.75, 3.05) is 13.6 Å². The van der Waals surface area contributed by atoms with Crippen molar-refractivity contribution in [3.8, 4) is 0 Å². The summed E-state index contributed by atoms with van der Waals surface area (Å²) < 4.78 is 3.50. The van der Waals surface area contributed by atoms with Crippen LogP contribution in [0.15, 0.2) is 16.9 Å². The number of aromatic nitrogens is 5. The molecule has 1 saturated carbocycles. The van der Waals surface area contributed by atoms with Crippen LogP contribution >= 0.6 is 11.3 Å². The maximum absolute atomic E-state index is 12.3. The van der Waals surface area contributed by atoms with Crippen LogP contribution in [0.25, 0.3) is 4.96 Å². The standard InChI is InChI=1S/C18H24N6OS/c1-12-9-13(2)23(20-12)8-4-7-22(3)11-15-10-16(25)24-18(19-15)26-17(21-24)14-5-6-14/h9-10,14H,4-8,11H2,1-3H3. The van der Waals surface area contributed by atoms with Gasteiger partial charge in [0.15, 0.2) is 0 Å². The van der Waals surface area contributed by atoms with Crippen LogP contribution < -0.4 is 5.56 Å². The minimum atomic E-state index is -0.0795. The number of nitrogens with zero attached hydrogens (tertiary/aromatic N) is 6. The van der Waals surface area contributed by atoms with Gasteiger partial charge in [-0.15, -0.1) is 0 Å². The second-order valence-corrected chi connectivity index (χ2v) is 8.22. The maximum Gasteiger partial charge on any atom is 0.275 e. The lowest BCUT2D eigenvalue weighted by molar-refractivity contribution is 0.307. The Balaban J connectivity index is 1.38. The molecule has 8 heteroatoms. The van der Waals surface area contributed by atoms with E-state index < -0.39 is 0 Å². The van der Waals surface area contributed by atoms with Crippen molar-refractivity contribution in [1.29, 1.82) is 0 Å². The molecule has 26 heavy (non-hydrogen) atoms. The molecule has 138 valence electrons. The van der Waals surface area contributed by atoms with E-state index in [1.54, 1.807) is 17.4 Å². The lowest BCUT2D eigenvalue weighted by Crippen LogP contribution is -2.23. The van der Waals surface area contributed by atoms with Crippen molar-refractivity contribution in [3.63, 3.8) is 0 Å². The molecular formula is C18H24N6OS. The van der Waals surface area contributed by atoms with Gasteiger partial charge in [-0.2, -0.15) is 14.7 Å². The largest absolute Gasteiger partial charge is 0.300 e. The predicted octanol–water partition coefficient (Wildman–Crippen LogP) is 2.36. The Morgan fingerprint density at radius 3 is 2.77 bits per heavy atom. The molecule has 1 aliphatic carbocycles. The van der Waals surface area contributed by atoms with Gasteiger partial charge in [-0.05, 0) is 46.2 Å². The topological polar surface area (TPSA) is 68.3 Å². The molecule has 1 aliphatic rings. The van der Waals surface area contributed by atoms with Crippen LogP contribution in [0.5, 0.6) is 0 Å². The minimum absolute atomic E-state index is 0.0795. The molecule has 1 fully saturated rings. The lowest BCUT2D eigenvalue weighted by Gasteiger charge is -2.16. The van der Waals surface area contributed by atoms with Gasteiger partial charge in [-0.3, -0.25) is 9.48 Å². The molecule has 0 radical (unpaired) electrons. The van der Waals surface area contributed by atoms with Crippen LogP contribution in [-0.4, -0.2) is 42.9 Å². The third kappa shape index (κ3) is 3.71. The summed E-state index contributed by atoms with van der Waals surface area (Å²) in [6, 6.07) is 3.71. The zero-order valence-corrected chi connectivity index (χ0v) is 16.3. The molecule has 0 aliphatic heterocycles. The summed E-state index contributed by atoms with van der Waals surface area (Å²) in [6.07, 6.45) is 3.37. The predicted molar refractivity (Wildman–Crippen MR) is 102 cm³/mol. The highest BCUT2D eigenvalue weighted by Gasteiger charge is 2.28. The monoisotopic (exact) mass is 372 g/mol. The molecule has 0 spiro atoms. The molecule has 0 aromatic carbocycles. The van der Waals surface area contributed by atoms with Crippen LogP contribution in [0.1, 0.15) is 47.3 Å². The molecule has 3 aromatic rings. The number of hydrogen-bond acceptors (Lipinski definition) is 6. The Morgan fingerprint density at radius 1 is 1.27 bits per heavy atom. The van der Waals surface area contributed by atoms with Gasteiger partial charge < -0.3 is 4.90 Å². The fourth-order valence-electron chi connectivity index (χ4n) is 3.19. The van der Waals surface area contributed by atoms with E-state index in [4.69, 9.17) is 0 Å². The van der Waals surface area contributed by atoms with Crippen molar-refractivity contribution in [3.05, 3.63) is 44.6 Å². The summed E-state index contributed by atoms with van der Waals surface area (Å²) in [5.41, 5.74) is 2.99. The van der Waals surface area contributed by atoms with Crippen molar-refractivity contribution < 1.29 is 0 Å². The number of rotatable bonds is 7. The molecular weight excluding hydrogens is 348 g/mol. The van der Waals surface area contributed by atoms with Crippen LogP contribution in [0, 0.1) is 13.8 Å². The normalized spacial score (nSPS) is 14.6. The fourth-order valence-corrected chi connectivity index (χ4v) is 4.29. The highest BCUT2D eigenvalue weighted by molar-refractivity contribution is 7.16. The summed E-state index contributed by atoms with van der Waals surface area (Å²) in [4.78, 5) is 19.9. The molecule has 0 saturated heterocycles. The van der Waals surface area contributed by atoms with Gasteiger partial charge in [0.05, 0.1) is 11.4 Å². The van der Waals surface area contributed by atoms with Crippen molar-refractivity contribution in [1.82, 2.24) is 29.3 Å². The second-order valence-electron chi connectivity index (χ2n) is 7.24. The Bertz CT molecular complexity index is 983. The summed E-state index contributed by atoms with van der Waals surface area (Å²) >= 11 is 1.55. The third-order valence-electron chi connectivity index (χ3n) is 4.69. The average Bonchev–Trinajstić information content (AvgIpc) is 3.25. The van der Waals surface area contributed by atoms with E-state index in [1.807, 2.05) is 6.92 Å². The van der Waals surface area contributed by atoms with E-state index in [2.05, 4.69) is 44.8 Å². The highest BCUT2D eigenvalue weighted by Crippen LogP contribution is 2.41. The van der Waals surface area contributed by atoms with Gasteiger partial charge in [0, 0.05) is 37.3 Å². The van der Waals surface area contributed by atoms with Crippen LogP contribution in [0.3, 0.4) is 0 Å². The fraction of sp³-hybridized carbons (Fsp3) is 0.556. The molecule has 0 N–H and O–H groups in total. The first-order valence-electron chi connectivity index (χ1n) is 9.09. The van der Waals surface area contributed by atoms with Gasteiger partial charge in [0.25, 0.3) is 5.56 Å². The lowest BCUT2D eigenvalue weighted by atomic mass is 10.3. The molecule has 3 heterocycles. The van der Waals surface area contributed by atoms with E-state index in [1.165, 1.54) is 23.1 Å². The van der Waals surface area contributed by atoms with Gasteiger partial charge in [-0.1, -0.05) is 11.3 Å². The van der Waals surface area contributed by atoms with E-state index in [0.29, 0.717) is 17.4 Å². The number of fused-ring (bicyclic) bond motifs is 1. The van der Waals surface area contributed by atoms with Crippen molar-refractivity contribution in [2.45, 2.75) is 52.1 Å². The first-order valence-corrected chi connectivity index (χ1v) is 9.90. The van der Waals surface area contributed by atoms with Crippen LogP contribution in [0.4, 0.5) is 0 Å².